The fourth-order valence-corrected chi connectivity index (χ4v) is 11.6. The molecule has 0 spiro atoms. The Labute approximate surface area is 98.7 Å². The molecule has 1 atom stereocenters. The molecule has 1 unspecified atom stereocenters. The summed E-state index contributed by atoms with van der Waals surface area (Å²) >= 11 is 0. The Morgan fingerprint density at radius 1 is 1.13 bits per heavy atom. The van der Waals surface area contributed by atoms with Gasteiger partial charge in [0.05, 0.1) is 0 Å². The van der Waals surface area contributed by atoms with E-state index in [1.807, 2.05) is 0 Å². The molecule has 0 aliphatic carbocycles. The smallest absolute Gasteiger partial charge is 0.145 e. The maximum Gasteiger partial charge on any atom is 0.145 e. The molecule has 3 heteroatoms. The van der Waals surface area contributed by atoms with Gasteiger partial charge in [0.15, 0.2) is 0 Å². The van der Waals surface area contributed by atoms with Gasteiger partial charge in [-0.25, -0.2) is 0 Å². The van der Waals surface area contributed by atoms with Gasteiger partial charge in [-0.05, 0) is 24.7 Å². The quantitative estimate of drug-likeness (QED) is 0.588. The lowest BCUT2D eigenvalue weighted by molar-refractivity contribution is 0.656. The third-order valence-corrected chi connectivity index (χ3v) is 13.4. The maximum absolute atomic E-state index is 4.10. The maximum atomic E-state index is 4.10. The summed E-state index contributed by atoms with van der Waals surface area (Å²) in [6.07, 6.45) is 0. The molecule has 0 amide bonds. The lowest BCUT2D eigenvalue weighted by Gasteiger charge is -2.42. The van der Waals surface area contributed by atoms with Crippen molar-refractivity contribution in [3.8, 4) is 0 Å². The Kier molecular flexibility index (Phi) is 7.14. The highest BCUT2D eigenvalue weighted by atomic mass is 28.4. The average Bonchev–Trinajstić information content (AvgIpc) is 2.30. The van der Waals surface area contributed by atoms with Crippen LogP contribution in [0.15, 0.2) is 24.6 Å². The lowest BCUT2D eigenvalue weighted by Crippen LogP contribution is -2.57. The van der Waals surface area contributed by atoms with Crippen molar-refractivity contribution in [3.63, 3.8) is 0 Å². The Bertz CT molecular complexity index is 200. The molecule has 88 valence electrons. The van der Waals surface area contributed by atoms with Gasteiger partial charge in [-0.15, -0.1) is 13.2 Å². The van der Waals surface area contributed by atoms with Gasteiger partial charge in [0, 0.05) is 0 Å². The van der Waals surface area contributed by atoms with Crippen LogP contribution in [0.4, 0.5) is 0 Å². The predicted molar refractivity (Wildman–Crippen MR) is 77.1 cm³/mol. The zero-order chi connectivity index (χ0) is 11.9. The van der Waals surface area contributed by atoms with E-state index in [0.717, 1.165) is 0 Å². The minimum atomic E-state index is -1.36. The number of hydrogen-bond donors (Lipinski definition) is 0. The SMILES string of the molecule is C=C[SiH](CC)N(CC)[Si](C=C)(CC)CC. The van der Waals surface area contributed by atoms with Crippen molar-refractivity contribution >= 4 is 17.2 Å². The highest BCUT2D eigenvalue weighted by Crippen LogP contribution is 2.23. The molecule has 0 fully saturated rings. The van der Waals surface area contributed by atoms with E-state index in [4.69, 9.17) is 0 Å². The summed E-state index contributed by atoms with van der Waals surface area (Å²) in [5, 5.41) is 0. The minimum Gasteiger partial charge on any atom is -0.342 e. The van der Waals surface area contributed by atoms with Crippen LogP contribution in [-0.2, 0) is 0 Å². The van der Waals surface area contributed by atoms with Gasteiger partial charge < -0.3 is 4.23 Å². The van der Waals surface area contributed by atoms with E-state index in [9.17, 15) is 0 Å². The molecular weight excluding hydrogens is 214 g/mol. The van der Waals surface area contributed by atoms with Gasteiger partial charge in [0.2, 0.25) is 0 Å². The van der Waals surface area contributed by atoms with Crippen LogP contribution >= 0.6 is 0 Å². The summed E-state index contributed by atoms with van der Waals surface area (Å²) in [4.78, 5) is 0. The van der Waals surface area contributed by atoms with Gasteiger partial charge >= 0.3 is 0 Å². The van der Waals surface area contributed by atoms with Crippen molar-refractivity contribution in [2.75, 3.05) is 6.54 Å². The van der Waals surface area contributed by atoms with Crippen molar-refractivity contribution in [1.82, 2.24) is 4.23 Å². The Morgan fingerprint density at radius 2 is 1.67 bits per heavy atom. The molecule has 0 rings (SSSR count). The largest absolute Gasteiger partial charge is 0.342 e. The van der Waals surface area contributed by atoms with E-state index in [1.54, 1.807) is 0 Å². The summed E-state index contributed by atoms with van der Waals surface area (Å²) in [6, 6.07) is 3.87. The van der Waals surface area contributed by atoms with Crippen LogP contribution in [0.3, 0.4) is 0 Å². The third-order valence-electron chi connectivity index (χ3n) is 3.61. The Hall–Kier alpha value is -0.126. The number of nitrogens with zero attached hydrogens (tertiary/aromatic N) is 1. The molecule has 0 saturated heterocycles. The van der Waals surface area contributed by atoms with E-state index >= 15 is 0 Å². The van der Waals surface area contributed by atoms with E-state index < -0.39 is 17.2 Å². The third kappa shape index (κ3) is 3.16. The van der Waals surface area contributed by atoms with Gasteiger partial charge in [0.25, 0.3) is 0 Å². The predicted octanol–water partition coefficient (Wildman–Crippen LogP) is 3.49. The van der Waals surface area contributed by atoms with Crippen LogP contribution < -0.4 is 0 Å². The van der Waals surface area contributed by atoms with Crippen LogP contribution in [-0.4, -0.2) is 28.0 Å². The van der Waals surface area contributed by atoms with Gasteiger partial charge in [0.1, 0.15) is 17.2 Å². The summed E-state index contributed by atoms with van der Waals surface area (Å²) in [5.41, 5.74) is 4.52. The molecule has 0 heterocycles. The highest BCUT2D eigenvalue weighted by Gasteiger charge is 2.35. The lowest BCUT2D eigenvalue weighted by atomic mass is 10.8. The van der Waals surface area contributed by atoms with Gasteiger partial charge in [-0.3, -0.25) is 0 Å². The van der Waals surface area contributed by atoms with Crippen molar-refractivity contribution in [2.24, 2.45) is 0 Å². The average molecular weight is 242 g/mol. The van der Waals surface area contributed by atoms with Crippen LogP contribution in [0.1, 0.15) is 27.7 Å². The van der Waals surface area contributed by atoms with Crippen LogP contribution in [0.25, 0.3) is 0 Å². The van der Waals surface area contributed by atoms with Crippen molar-refractivity contribution in [1.29, 1.82) is 0 Å². The van der Waals surface area contributed by atoms with Crippen molar-refractivity contribution < 1.29 is 0 Å². The summed E-state index contributed by atoms with van der Waals surface area (Å²) in [6.45, 7) is 18.5. The van der Waals surface area contributed by atoms with E-state index in [1.165, 1.54) is 24.7 Å². The molecule has 0 saturated carbocycles. The highest BCUT2D eigenvalue weighted by molar-refractivity contribution is 6.90. The Morgan fingerprint density at radius 3 is 1.87 bits per heavy atom. The monoisotopic (exact) mass is 241 g/mol. The first-order valence-electron chi connectivity index (χ1n) is 6.18. The first-order chi connectivity index (χ1) is 7.15. The molecule has 0 aliphatic heterocycles. The molecule has 0 aromatic rings. The zero-order valence-corrected chi connectivity index (χ0v) is 13.1. The molecule has 0 aromatic carbocycles. The fraction of sp³-hybridized carbons (Fsp3) is 0.667. The van der Waals surface area contributed by atoms with Crippen LogP contribution in [0.5, 0.6) is 0 Å². The molecule has 0 radical (unpaired) electrons. The van der Waals surface area contributed by atoms with E-state index in [0.29, 0.717) is 0 Å². The van der Waals surface area contributed by atoms with Crippen molar-refractivity contribution in [2.45, 2.75) is 45.8 Å². The number of hydrogen-bond acceptors (Lipinski definition) is 1. The second-order valence-electron chi connectivity index (χ2n) is 4.01. The topological polar surface area (TPSA) is 3.24 Å². The zero-order valence-electron chi connectivity index (χ0n) is 10.9. The van der Waals surface area contributed by atoms with Crippen molar-refractivity contribution in [3.05, 3.63) is 24.6 Å². The standard InChI is InChI=1S/C12H27NSi2/c1-7-13(14(8-2)9-3)15(10-4,11-5)12-6/h8,10,14H,2,4,7,9,11-12H2,1,3,5-6H3. The molecule has 0 N–H and O–H groups in total. The Balaban J connectivity index is 5.03. The summed E-state index contributed by atoms with van der Waals surface area (Å²) in [5.74, 6) is 0. The molecular formula is C12H27NSi2. The second kappa shape index (κ2) is 7.20. The summed E-state index contributed by atoms with van der Waals surface area (Å²) < 4.78 is 2.80. The fourth-order valence-electron chi connectivity index (χ4n) is 2.46. The molecule has 0 bridgehead atoms. The van der Waals surface area contributed by atoms with Crippen LogP contribution in [0.2, 0.25) is 18.1 Å². The molecule has 0 aromatic heterocycles. The van der Waals surface area contributed by atoms with Gasteiger partial charge in [-0.2, -0.15) is 0 Å². The molecule has 0 aliphatic rings. The number of rotatable bonds is 8. The van der Waals surface area contributed by atoms with E-state index in [2.05, 4.69) is 56.5 Å². The first kappa shape index (κ1) is 14.9. The second-order valence-corrected chi connectivity index (χ2v) is 12.2. The minimum absolute atomic E-state index is 0.897. The van der Waals surface area contributed by atoms with Crippen LogP contribution in [0, 0.1) is 0 Å². The normalized spacial score (nSPS) is 13.9. The molecule has 1 nitrogen and oxygen atoms in total. The summed E-state index contributed by atoms with van der Waals surface area (Å²) in [7, 11) is -2.26. The van der Waals surface area contributed by atoms with Gasteiger partial charge in [-0.1, -0.05) is 39.1 Å². The van der Waals surface area contributed by atoms with E-state index in [-0.39, 0.29) is 0 Å². The molecule has 15 heavy (non-hydrogen) atoms. The first-order valence-corrected chi connectivity index (χ1v) is 10.6.